The van der Waals surface area contributed by atoms with Gasteiger partial charge in [0.2, 0.25) is 11.8 Å². The lowest BCUT2D eigenvalue weighted by Crippen LogP contribution is -2.67. The zero-order valence-corrected chi connectivity index (χ0v) is 23.2. The van der Waals surface area contributed by atoms with Crippen LogP contribution in [0.1, 0.15) is 34.7 Å². The van der Waals surface area contributed by atoms with Gasteiger partial charge < -0.3 is 9.47 Å². The van der Waals surface area contributed by atoms with Gasteiger partial charge in [0.25, 0.3) is 5.56 Å². The quantitative estimate of drug-likeness (QED) is 0.376. The lowest BCUT2D eigenvalue weighted by Gasteiger charge is -2.48. The summed E-state index contributed by atoms with van der Waals surface area (Å²) in [6.07, 6.45) is 3.40. The van der Waals surface area contributed by atoms with Crippen molar-refractivity contribution in [3.63, 3.8) is 0 Å². The van der Waals surface area contributed by atoms with Crippen LogP contribution in [0.4, 0.5) is 0 Å². The predicted molar refractivity (Wildman–Crippen MR) is 154 cm³/mol. The molecule has 200 valence electrons. The van der Waals surface area contributed by atoms with Gasteiger partial charge in [0.05, 0.1) is 0 Å². The van der Waals surface area contributed by atoms with Crippen LogP contribution in [0.25, 0.3) is 10.8 Å². The molecule has 0 radical (unpaired) electrons. The third-order valence-electron chi connectivity index (χ3n) is 9.51. The largest absolute Gasteiger partial charge is 0.312 e. The second-order valence-corrected chi connectivity index (χ2v) is 12.3. The first-order valence-electron chi connectivity index (χ1n) is 13.8. The molecule has 7 nitrogen and oxygen atoms in total. The van der Waals surface area contributed by atoms with Crippen LogP contribution >= 0.6 is 12.2 Å². The van der Waals surface area contributed by atoms with Crippen LogP contribution in [0, 0.1) is 11.3 Å². The highest BCUT2D eigenvalue weighted by atomic mass is 32.1. The van der Waals surface area contributed by atoms with Crippen molar-refractivity contribution in [2.75, 3.05) is 33.7 Å². The molecule has 0 unspecified atom stereocenters. The first kappa shape index (κ1) is 24.7. The molecule has 8 heteroatoms. The number of piperidine rings is 1. The summed E-state index contributed by atoms with van der Waals surface area (Å²) in [5.74, 6) is 0.0403. The van der Waals surface area contributed by atoms with Gasteiger partial charge in [0.1, 0.15) is 5.41 Å². The maximum absolute atomic E-state index is 14.2. The predicted octanol–water partition coefficient (Wildman–Crippen LogP) is 2.96. The van der Waals surface area contributed by atoms with Crippen molar-refractivity contribution in [2.45, 2.75) is 38.1 Å². The molecule has 2 saturated heterocycles. The van der Waals surface area contributed by atoms with E-state index in [1.807, 2.05) is 16.7 Å². The minimum absolute atomic E-state index is 0.0496. The van der Waals surface area contributed by atoms with Gasteiger partial charge in [-0.1, -0.05) is 36.4 Å². The van der Waals surface area contributed by atoms with Crippen molar-refractivity contribution in [3.05, 3.63) is 81.3 Å². The van der Waals surface area contributed by atoms with Gasteiger partial charge >= 0.3 is 0 Å². The highest BCUT2D eigenvalue weighted by Crippen LogP contribution is 2.41. The Morgan fingerprint density at radius 3 is 2.36 bits per heavy atom. The van der Waals surface area contributed by atoms with Gasteiger partial charge in [-0.25, -0.2) is 0 Å². The van der Waals surface area contributed by atoms with Crippen molar-refractivity contribution in [3.8, 4) is 0 Å². The number of hydrogen-bond donors (Lipinski definition) is 0. The molecule has 2 atom stereocenters. The fourth-order valence-electron chi connectivity index (χ4n) is 7.77. The van der Waals surface area contributed by atoms with E-state index in [9.17, 15) is 14.4 Å². The van der Waals surface area contributed by atoms with E-state index in [1.54, 1.807) is 20.2 Å². The number of aromatic nitrogens is 1. The molecule has 7 rings (SSSR count). The smallest absolute Gasteiger partial charge is 0.250 e. The van der Waals surface area contributed by atoms with Crippen LogP contribution in [-0.2, 0) is 35.4 Å². The number of fused-ring (bicyclic) bond motifs is 4. The molecule has 0 saturated carbocycles. The SMILES string of the molecule is CN1C(=O)C(Cc2ccc3c4c(cccc24)CC3)(CN2C[C@@H]3C[C@@H](C2)c2cccc(=O)n2C3)C(=O)N(C)C1=S. The number of pyridine rings is 1. The second kappa shape index (κ2) is 8.83. The van der Waals surface area contributed by atoms with Crippen LogP contribution in [0.2, 0.25) is 0 Å². The Balaban J connectivity index is 1.30. The summed E-state index contributed by atoms with van der Waals surface area (Å²) in [7, 11) is 3.37. The summed E-state index contributed by atoms with van der Waals surface area (Å²) in [6, 6.07) is 16.2. The molecule has 4 heterocycles. The van der Waals surface area contributed by atoms with Crippen molar-refractivity contribution in [2.24, 2.45) is 11.3 Å². The molecular weight excluding hydrogens is 508 g/mol. The van der Waals surface area contributed by atoms with E-state index < -0.39 is 5.41 Å². The highest BCUT2D eigenvalue weighted by molar-refractivity contribution is 7.80. The molecule has 2 amide bonds. The van der Waals surface area contributed by atoms with E-state index in [0.29, 0.717) is 32.0 Å². The summed E-state index contributed by atoms with van der Waals surface area (Å²) in [5, 5.41) is 2.67. The number of aryl methyl sites for hydroxylation is 2. The van der Waals surface area contributed by atoms with Gasteiger partial charge in [0, 0.05) is 58.0 Å². The maximum atomic E-state index is 14.2. The van der Waals surface area contributed by atoms with Crippen molar-refractivity contribution >= 4 is 39.9 Å². The van der Waals surface area contributed by atoms with Crippen LogP contribution in [0.5, 0.6) is 0 Å². The molecule has 3 aliphatic heterocycles. The van der Waals surface area contributed by atoms with E-state index in [2.05, 4.69) is 35.2 Å². The molecule has 0 N–H and O–H groups in total. The average Bonchev–Trinajstić information content (AvgIpc) is 3.36. The first-order chi connectivity index (χ1) is 18.8. The number of carbonyl (C=O) groups is 2. The Hall–Kier alpha value is -3.36. The summed E-state index contributed by atoms with van der Waals surface area (Å²) >= 11 is 5.48. The minimum atomic E-state index is -1.29. The van der Waals surface area contributed by atoms with Gasteiger partial charge in [-0.05, 0) is 77.3 Å². The fraction of sp³-hybridized carbons (Fsp3) is 0.419. The number of likely N-dealkylation sites (tertiary alicyclic amines) is 1. The molecule has 2 bridgehead atoms. The van der Waals surface area contributed by atoms with Crippen LogP contribution in [-0.4, -0.2) is 69.9 Å². The number of amides is 2. The van der Waals surface area contributed by atoms with Crippen molar-refractivity contribution < 1.29 is 9.59 Å². The van der Waals surface area contributed by atoms with E-state index in [0.717, 1.165) is 42.5 Å². The fourth-order valence-corrected chi connectivity index (χ4v) is 7.93. The number of hydrogen-bond acceptors (Lipinski definition) is 5. The Bertz CT molecular complexity index is 1590. The molecule has 2 fully saturated rings. The lowest BCUT2D eigenvalue weighted by atomic mass is 9.74. The summed E-state index contributed by atoms with van der Waals surface area (Å²) in [4.78, 5) is 46.2. The number of carbonyl (C=O) groups excluding carboxylic acids is 2. The first-order valence-corrected chi connectivity index (χ1v) is 14.2. The van der Waals surface area contributed by atoms with Crippen molar-refractivity contribution in [1.29, 1.82) is 0 Å². The Morgan fingerprint density at radius 1 is 0.872 bits per heavy atom. The van der Waals surface area contributed by atoms with Gasteiger partial charge in [0.15, 0.2) is 5.11 Å². The molecule has 3 aromatic rings. The highest BCUT2D eigenvalue weighted by Gasteiger charge is 2.55. The Kier molecular flexibility index (Phi) is 5.58. The maximum Gasteiger partial charge on any atom is 0.250 e. The van der Waals surface area contributed by atoms with Crippen LogP contribution in [0.15, 0.2) is 53.3 Å². The average molecular weight is 541 g/mol. The number of benzene rings is 2. The van der Waals surface area contributed by atoms with Crippen LogP contribution in [0.3, 0.4) is 0 Å². The third-order valence-corrected chi connectivity index (χ3v) is 10.1. The normalized spacial score (nSPS) is 24.0. The third kappa shape index (κ3) is 3.64. The van der Waals surface area contributed by atoms with E-state index in [1.165, 1.54) is 26.3 Å². The molecule has 1 aliphatic carbocycles. The molecule has 2 aromatic carbocycles. The van der Waals surface area contributed by atoms with E-state index in [4.69, 9.17) is 12.2 Å². The molecule has 4 aliphatic rings. The van der Waals surface area contributed by atoms with Gasteiger partial charge in [-0.15, -0.1) is 0 Å². The lowest BCUT2D eigenvalue weighted by molar-refractivity contribution is -0.157. The number of thiocarbonyl (C=S) groups is 1. The number of rotatable bonds is 4. The van der Waals surface area contributed by atoms with Gasteiger partial charge in [-0.2, -0.15) is 0 Å². The summed E-state index contributed by atoms with van der Waals surface area (Å²) < 4.78 is 1.91. The summed E-state index contributed by atoms with van der Waals surface area (Å²) in [6.45, 7) is 2.47. The van der Waals surface area contributed by atoms with E-state index in [-0.39, 0.29) is 28.4 Å². The van der Waals surface area contributed by atoms with E-state index >= 15 is 0 Å². The monoisotopic (exact) mass is 540 g/mol. The summed E-state index contributed by atoms with van der Waals surface area (Å²) in [5.41, 5.74) is 3.53. The zero-order chi connectivity index (χ0) is 27.1. The Labute approximate surface area is 233 Å². The minimum Gasteiger partial charge on any atom is -0.312 e. The number of nitrogens with zero attached hydrogens (tertiary/aromatic N) is 4. The topological polar surface area (TPSA) is 65.9 Å². The molecule has 39 heavy (non-hydrogen) atoms. The molecular formula is C31H32N4O3S. The van der Waals surface area contributed by atoms with Crippen molar-refractivity contribution in [1.82, 2.24) is 19.3 Å². The second-order valence-electron chi connectivity index (χ2n) is 11.9. The molecule has 1 aromatic heterocycles. The molecule has 0 spiro atoms. The Morgan fingerprint density at radius 2 is 1.59 bits per heavy atom. The zero-order valence-electron chi connectivity index (χ0n) is 22.4. The van der Waals surface area contributed by atoms with Crippen LogP contribution < -0.4 is 5.56 Å². The standard InChI is InChI=1S/C31H32N4O3S/c1-32-28(37)31(29(38)33(2)30(32)39,14-22-12-11-21-10-9-20-5-3-6-24(22)27(20)21)18-34-15-19-13-23(17-34)25-7-4-8-26(36)35(25)16-19/h3-8,11-12,19,23H,9-10,13-18H2,1-2H3/t19-,23-/m0/s1. The van der Waals surface area contributed by atoms with Gasteiger partial charge in [-0.3, -0.25) is 24.2 Å².